The van der Waals surface area contributed by atoms with Crippen molar-refractivity contribution in [1.82, 2.24) is 10.6 Å². The molecule has 34 heavy (non-hydrogen) atoms. The molecule has 9 heteroatoms. The number of carbonyl (C=O) groups excluding carboxylic acids is 2. The number of aliphatic hydroxyl groups excluding tert-OH is 1. The molecule has 3 fully saturated rings. The molecular weight excluding hydrogens is 463 g/mol. The zero-order valence-corrected chi connectivity index (χ0v) is 19.7. The van der Waals surface area contributed by atoms with Crippen molar-refractivity contribution in [3.8, 4) is 11.5 Å². The highest BCUT2D eigenvalue weighted by molar-refractivity contribution is 6.30. The molecule has 2 aromatic carbocycles. The van der Waals surface area contributed by atoms with E-state index in [1.165, 1.54) is 12.1 Å². The topological polar surface area (TPSA) is 96.9 Å². The van der Waals surface area contributed by atoms with E-state index in [-0.39, 0.29) is 29.2 Å². The highest BCUT2D eigenvalue weighted by atomic mass is 35.5. The molecular formula is C25H28ClFN2O5. The first-order chi connectivity index (χ1) is 16.2. The fourth-order valence-electron chi connectivity index (χ4n) is 5.02. The predicted octanol–water partition coefficient (Wildman–Crippen LogP) is 3.36. The fourth-order valence-corrected chi connectivity index (χ4v) is 5.14. The van der Waals surface area contributed by atoms with E-state index in [1.54, 1.807) is 7.11 Å². The Kier molecular flexibility index (Phi) is 7.00. The predicted molar refractivity (Wildman–Crippen MR) is 124 cm³/mol. The van der Waals surface area contributed by atoms with Gasteiger partial charge in [0.05, 0.1) is 23.7 Å². The second-order valence-corrected chi connectivity index (χ2v) is 9.51. The summed E-state index contributed by atoms with van der Waals surface area (Å²) in [6.45, 7) is 0.0557. The Hall–Kier alpha value is -2.84. The van der Waals surface area contributed by atoms with Crippen LogP contribution in [-0.4, -0.2) is 42.3 Å². The molecule has 7 nitrogen and oxygen atoms in total. The average Bonchev–Trinajstić information content (AvgIpc) is 2.84. The van der Waals surface area contributed by atoms with Crippen LogP contribution in [0.2, 0.25) is 5.02 Å². The van der Waals surface area contributed by atoms with Crippen LogP contribution < -0.4 is 20.1 Å². The minimum absolute atomic E-state index is 0.0231. The van der Waals surface area contributed by atoms with E-state index in [0.29, 0.717) is 44.4 Å². The maximum Gasteiger partial charge on any atom is 0.258 e. The highest BCUT2D eigenvalue weighted by Crippen LogP contribution is 2.52. The highest BCUT2D eigenvalue weighted by Gasteiger charge is 2.58. The summed E-state index contributed by atoms with van der Waals surface area (Å²) in [4.78, 5) is 25.6. The molecule has 2 aromatic rings. The van der Waals surface area contributed by atoms with Crippen molar-refractivity contribution in [2.75, 3.05) is 13.7 Å². The second-order valence-electron chi connectivity index (χ2n) is 9.10. The maximum absolute atomic E-state index is 13.5. The van der Waals surface area contributed by atoms with Crippen molar-refractivity contribution in [3.63, 3.8) is 0 Å². The Morgan fingerprint density at radius 2 is 1.91 bits per heavy atom. The van der Waals surface area contributed by atoms with Crippen LogP contribution in [0.4, 0.5) is 4.39 Å². The van der Waals surface area contributed by atoms with E-state index >= 15 is 0 Å². The molecule has 2 amide bonds. The van der Waals surface area contributed by atoms with Crippen molar-refractivity contribution in [2.24, 2.45) is 5.41 Å². The van der Waals surface area contributed by atoms with Crippen molar-refractivity contribution >= 4 is 23.4 Å². The number of rotatable bonds is 8. The lowest BCUT2D eigenvalue weighted by atomic mass is 9.55. The quantitative estimate of drug-likeness (QED) is 0.527. The third-order valence-corrected chi connectivity index (χ3v) is 7.33. The van der Waals surface area contributed by atoms with E-state index < -0.39 is 22.9 Å². The van der Waals surface area contributed by atoms with Crippen LogP contribution in [0, 0.1) is 11.2 Å². The fraction of sp³-hybridized carbons (Fsp3) is 0.440. The number of ether oxygens (including phenoxy) is 2. The average molecular weight is 491 g/mol. The summed E-state index contributed by atoms with van der Waals surface area (Å²) in [6.07, 6.45) is 1.53. The van der Waals surface area contributed by atoms with Gasteiger partial charge in [0.1, 0.15) is 17.3 Å². The third-order valence-electron chi connectivity index (χ3n) is 7.03. The summed E-state index contributed by atoms with van der Waals surface area (Å²) < 4.78 is 24.1. The Morgan fingerprint density at radius 1 is 1.15 bits per heavy atom. The molecule has 0 saturated heterocycles. The molecule has 182 valence electrons. The van der Waals surface area contributed by atoms with E-state index in [4.69, 9.17) is 21.1 Å². The number of methoxy groups -OCH3 is 1. The molecule has 0 radical (unpaired) electrons. The van der Waals surface area contributed by atoms with Gasteiger partial charge in [-0.2, -0.15) is 0 Å². The zero-order valence-electron chi connectivity index (χ0n) is 18.9. The van der Waals surface area contributed by atoms with Crippen LogP contribution in [0.15, 0.2) is 42.5 Å². The molecule has 1 atom stereocenters. The Balaban J connectivity index is 1.31. The van der Waals surface area contributed by atoms with Gasteiger partial charge in [-0.3, -0.25) is 9.59 Å². The van der Waals surface area contributed by atoms with Crippen molar-refractivity contribution in [2.45, 2.75) is 50.3 Å². The maximum atomic E-state index is 13.5. The minimum atomic E-state index is -0.869. The molecule has 3 saturated carbocycles. The monoisotopic (exact) mass is 490 g/mol. The van der Waals surface area contributed by atoms with Gasteiger partial charge >= 0.3 is 0 Å². The second kappa shape index (κ2) is 9.80. The number of fused-ring (bicyclic) bond motifs is 3. The molecule has 0 aromatic heterocycles. The molecule has 3 aliphatic rings. The lowest BCUT2D eigenvalue weighted by Gasteiger charge is -2.55. The summed E-state index contributed by atoms with van der Waals surface area (Å²) >= 11 is 5.66. The van der Waals surface area contributed by atoms with Gasteiger partial charge in [-0.05, 0) is 61.9 Å². The van der Waals surface area contributed by atoms with Gasteiger partial charge in [-0.25, -0.2) is 4.39 Å². The number of halogens is 2. The van der Waals surface area contributed by atoms with E-state index in [0.717, 1.165) is 11.6 Å². The molecule has 0 spiro atoms. The van der Waals surface area contributed by atoms with E-state index in [2.05, 4.69) is 10.6 Å². The SMILES string of the molecule is COc1cccc(CNC(=O)C23CCC(NC(=O)COc4ccc(Cl)c(F)c4)(CC2)CC3O)c1. The number of carbonyl (C=O) groups is 2. The van der Waals surface area contributed by atoms with Crippen LogP contribution in [-0.2, 0) is 16.1 Å². The van der Waals surface area contributed by atoms with Crippen LogP contribution in [0.3, 0.4) is 0 Å². The standard InChI is InChI=1S/C25H28ClFN2O5/c1-33-17-4-2-3-16(11-17)14-28-23(32)25-9-7-24(8-10-25,13-21(25)30)29-22(31)15-34-18-5-6-19(26)20(27)12-18/h2-6,11-12,21,30H,7-10,13-15H2,1H3,(H,28,32)(H,29,31). The molecule has 0 heterocycles. The van der Waals surface area contributed by atoms with Gasteiger partial charge in [0.25, 0.3) is 5.91 Å². The number of hydrogen-bond acceptors (Lipinski definition) is 5. The van der Waals surface area contributed by atoms with E-state index in [1.807, 2.05) is 24.3 Å². The molecule has 2 bridgehead atoms. The summed E-state index contributed by atoms with van der Waals surface area (Å²) in [5.41, 5.74) is -0.532. The van der Waals surface area contributed by atoms with Crippen molar-refractivity contribution < 1.29 is 28.6 Å². The molecule has 1 unspecified atom stereocenters. The first kappa shape index (κ1) is 24.3. The summed E-state index contributed by atoms with van der Waals surface area (Å²) in [7, 11) is 1.59. The lowest BCUT2D eigenvalue weighted by Crippen LogP contribution is -2.65. The van der Waals surface area contributed by atoms with Crippen molar-refractivity contribution in [3.05, 3.63) is 58.9 Å². The van der Waals surface area contributed by atoms with Gasteiger partial charge < -0.3 is 25.2 Å². The number of aliphatic hydroxyl groups is 1. The summed E-state index contributed by atoms with van der Waals surface area (Å²) in [5.74, 6) is -0.239. The van der Waals surface area contributed by atoms with Crippen LogP contribution in [0.25, 0.3) is 0 Å². The molecule has 0 aliphatic heterocycles. The van der Waals surface area contributed by atoms with Gasteiger partial charge in [-0.1, -0.05) is 23.7 Å². The summed E-state index contributed by atoms with van der Waals surface area (Å²) in [6, 6.07) is 11.4. The number of benzene rings is 2. The Bertz CT molecular complexity index is 1070. The minimum Gasteiger partial charge on any atom is -0.497 e. The smallest absolute Gasteiger partial charge is 0.258 e. The number of hydrogen-bond donors (Lipinski definition) is 3. The van der Waals surface area contributed by atoms with Crippen molar-refractivity contribution in [1.29, 1.82) is 0 Å². The van der Waals surface area contributed by atoms with Gasteiger partial charge in [-0.15, -0.1) is 0 Å². The van der Waals surface area contributed by atoms with Gasteiger partial charge in [0, 0.05) is 18.2 Å². The summed E-state index contributed by atoms with van der Waals surface area (Å²) in [5, 5.41) is 16.9. The normalized spacial score (nSPS) is 25.5. The Morgan fingerprint density at radius 3 is 2.59 bits per heavy atom. The number of amides is 2. The molecule has 5 rings (SSSR count). The first-order valence-corrected chi connectivity index (χ1v) is 11.6. The lowest BCUT2D eigenvalue weighted by molar-refractivity contribution is -0.156. The van der Waals surface area contributed by atoms with Crippen LogP contribution in [0.1, 0.15) is 37.7 Å². The van der Waals surface area contributed by atoms with E-state index in [9.17, 15) is 19.1 Å². The van der Waals surface area contributed by atoms with Gasteiger partial charge in [0.2, 0.25) is 5.91 Å². The van der Waals surface area contributed by atoms with Gasteiger partial charge in [0.15, 0.2) is 6.61 Å². The first-order valence-electron chi connectivity index (χ1n) is 11.2. The number of nitrogens with one attached hydrogen (secondary N) is 2. The third kappa shape index (κ3) is 4.98. The zero-order chi connectivity index (χ0) is 24.3. The largest absolute Gasteiger partial charge is 0.497 e. The Labute approximate surface area is 202 Å². The molecule has 3 aliphatic carbocycles. The van der Waals surface area contributed by atoms with Crippen LogP contribution in [0.5, 0.6) is 11.5 Å². The van der Waals surface area contributed by atoms with Crippen LogP contribution >= 0.6 is 11.6 Å². The molecule has 3 N–H and O–H groups in total.